The van der Waals surface area contributed by atoms with E-state index in [-0.39, 0.29) is 11.9 Å². The van der Waals surface area contributed by atoms with Gasteiger partial charge in [0.1, 0.15) is 17.3 Å². The minimum Gasteiger partial charge on any atom is -0.354 e. The van der Waals surface area contributed by atoms with Crippen LogP contribution < -0.4 is 4.90 Å². The Kier molecular flexibility index (Phi) is 6.65. The first-order valence-electron chi connectivity index (χ1n) is 10.5. The molecule has 1 atom stereocenters. The molecule has 1 aromatic carbocycles. The number of nitrogens with zero attached hydrogens (tertiary/aromatic N) is 4. The molecule has 1 unspecified atom stereocenters. The van der Waals surface area contributed by atoms with Crippen LogP contribution in [-0.4, -0.2) is 39.4 Å². The van der Waals surface area contributed by atoms with Crippen LogP contribution in [0.1, 0.15) is 68.3 Å². The lowest BCUT2D eigenvalue weighted by Crippen LogP contribution is -2.40. The van der Waals surface area contributed by atoms with Gasteiger partial charge in [-0.1, -0.05) is 37.3 Å². The summed E-state index contributed by atoms with van der Waals surface area (Å²) >= 11 is 0. The van der Waals surface area contributed by atoms with E-state index in [9.17, 15) is 4.79 Å². The number of carbonyl (C=O) groups is 1. The molecule has 0 saturated carbocycles. The van der Waals surface area contributed by atoms with Crippen LogP contribution in [0.25, 0.3) is 0 Å². The molecule has 1 fully saturated rings. The van der Waals surface area contributed by atoms with E-state index in [4.69, 9.17) is 0 Å². The van der Waals surface area contributed by atoms with Gasteiger partial charge in [-0.15, -0.1) is 0 Å². The van der Waals surface area contributed by atoms with E-state index in [1.54, 1.807) is 0 Å². The van der Waals surface area contributed by atoms with Gasteiger partial charge in [-0.05, 0) is 52.0 Å². The Morgan fingerprint density at radius 1 is 1.21 bits per heavy atom. The number of hydrogen-bond donors (Lipinski definition) is 0. The third-order valence-electron chi connectivity index (χ3n) is 5.52. The number of amides is 1. The van der Waals surface area contributed by atoms with Crippen molar-refractivity contribution in [2.75, 3.05) is 11.4 Å². The summed E-state index contributed by atoms with van der Waals surface area (Å²) < 4.78 is 0. The zero-order valence-corrected chi connectivity index (χ0v) is 17.6. The molecular weight excluding hydrogens is 348 g/mol. The van der Waals surface area contributed by atoms with E-state index in [2.05, 4.69) is 33.9 Å². The lowest BCUT2D eigenvalue weighted by molar-refractivity contribution is 0.0683. The average Bonchev–Trinajstić information content (AvgIpc) is 2.71. The zero-order chi connectivity index (χ0) is 20.1. The van der Waals surface area contributed by atoms with E-state index < -0.39 is 0 Å². The molecule has 150 valence electrons. The molecule has 0 aliphatic carbocycles. The Balaban J connectivity index is 1.88. The predicted octanol–water partition coefficient (Wildman–Crippen LogP) is 4.60. The maximum atomic E-state index is 13.3. The monoisotopic (exact) mass is 380 g/mol. The topological polar surface area (TPSA) is 49.3 Å². The summed E-state index contributed by atoms with van der Waals surface area (Å²) in [6.45, 7) is 9.78. The van der Waals surface area contributed by atoms with E-state index in [1.165, 1.54) is 19.3 Å². The van der Waals surface area contributed by atoms with E-state index in [0.717, 1.165) is 24.3 Å². The molecule has 1 saturated heterocycles. The van der Waals surface area contributed by atoms with E-state index >= 15 is 0 Å². The molecule has 5 nitrogen and oxygen atoms in total. The largest absolute Gasteiger partial charge is 0.354 e. The fraction of sp³-hybridized carbons (Fsp3) is 0.522. The number of piperidine rings is 1. The maximum Gasteiger partial charge on any atom is 0.273 e. The number of aromatic nitrogens is 2. The quantitative estimate of drug-likeness (QED) is 0.735. The maximum absolute atomic E-state index is 13.3. The van der Waals surface area contributed by atoms with E-state index in [1.807, 2.05) is 49.9 Å². The van der Waals surface area contributed by atoms with Crippen molar-refractivity contribution in [1.82, 2.24) is 14.9 Å². The Morgan fingerprint density at radius 2 is 1.96 bits per heavy atom. The molecule has 0 bridgehead atoms. The van der Waals surface area contributed by atoms with Crippen molar-refractivity contribution in [1.29, 1.82) is 0 Å². The smallest absolute Gasteiger partial charge is 0.273 e. The second-order valence-corrected chi connectivity index (χ2v) is 7.92. The van der Waals surface area contributed by atoms with Crippen molar-refractivity contribution in [3.63, 3.8) is 0 Å². The van der Waals surface area contributed by atoms with Crippen LogP contribution in [-0.2, 0) is 6.54 Å². The Labute approximate surface area is 168 Å². The molecule has 5 heteroatoms. The summed E-state index contributed by atoms with van der Waals surface area (Å²) in [5, 5.41) is 0. The SMILES string of the molecule is CCC1CCCCN1c1cc(C(=O)N(Cc2ccccc2)C(C)C)nc(C)n1. The van der Waals surface area contributed by atoms with Gasteiger partial charge >= 0.3 is 0 Å². The highest BCUT2D eigenvalue weighted by Gasteiger charge is 2.26. The summed E-state index contributed by atoms with van der Waals surface area (Å²) in [6, 6.07) is 12.6. The fourth-order valence-electron chi connectivity index (χ4n) is 3.95. The van der Waals surface area contributed by atoms with E-state index in [0.29, 0.717) is 24.1 Å². The molecule has 1 amide bonds. The highest BCUT2D eigenvalue weighted by molar-refractivity contribution is 5.93. The normalized spacial score (nSPS) is 17.0. The summed E-state index contributed by atoms with van der Waals surface area (Å²) in [5.41, 5.74) is 1.62. The second-order valence-electron chi connectivity index (χ2n) is 7.92. The third kappa shape index (κ3) is 4.70. The molecule has 2 heterocycles. The van der Waals surface area contributed by atoms with Gasteiger partial charge in [0.05, 0.1) is 0 Å². The summed E-state index contributed by atoms with van der Waals surface area (Å²) in [7, 11) is 0. The van der Waals surface area contributed by atoms with Gasteiger partial charge in [0.15, 0.2) is 0 Å². The van der Waals surface area contributed by atoms with Crippen molar-refractivity contribution in [2.24, 2.45) is 0 Å². The van der Waals surface area contributed by atoms with Crippen molar-refractivity contribution in [3.8, 4) is 0 Å². The number of hydrogen-bond acceptors (Lipinski definition) is 4. The molecule has 0 N–H and O–H groups in total. The van der Waals surface area contributed by atoms with Crippen molar-refractivity contribution >= 4 is 11.7 Å². The molecule has 28 heavy (non-hydrogen) atoms. The summed E-state index contributed by atoms with van der Waals surface area (Å²) in [6.07, 6.45) is 4.73. The van der Waals surface area contributed by atoms with Crippen LogP contribution in [0.5, 0.6) is 0 Å². The van der Waals surface area contributed by atoms with Gasteiger partial charge < -0.3 is 9.80 Å². The number of benzene rings is 1. The van der Waals surface area contributed by atoms with Gasteiger partial charge in [0.2, 0.25) is 0 Å². The van der Waals surface area contributed by atoms with Gasteiger partial charge in [-0.25, -0.2) is 9.97 Å². The molecule has 0 radical (unpaired) electrons. The van der Waals surface area contributed by atoms with Gasteiger partial charge in [0, 0.05) is 31.2 Å². The van der Waals surface area contributed by atoms with Crippen LogP contribution in [0, 0.1) is 6.92 Å². The van der Waals surface area contributed by atoms with Crippen molar-refractivity contribution in [2.45, 2.75) is 72.0 Å². The van der Waals surface area contributed by atoms with Crippen LogP contribution in [0.4, 0.5) is 5.82 Å². The highest BCUT2D eigenvalue weighted by Crippen LogP contribution is 2.26. The lowest BCUT2D eigenvalue weighted by Gasteiger charge is -2.36. The predicted molar refractivity (Wildman–Crippen MR) is 113 cm³/mol. The Bertz CT molecular complexity index is 790. The minimum absolute atomic E-state index is 0.0318. The average molecular weight is 381 g/mol. The highest BCUT2D eigenvalue weighted by atomic mass is 16.2. The Morgan fingerprint density at radius 3 is 2.64 bits per heavy atom. The first-order chi connectivity index (χ1) is 13.5. The number of rotatable bonds is 6. The summed E-state index contributed by atoms with van der Waals surface area (Å²) in [5.74, 6) is 1.52. The third-order valence-corrected chi connectivity index (χ3v) is 5.52. The number of aryl methyl sites for hydroxylation is 1. The lowest BCUT2D eigenvalue weighted by atomic mass is 10.00. The standard InChI is InChI=1S/C23H32N4O/c1-5-20-13-9-10-14-26(20)22-15-21(24-18(4)25-22)23(28)27(17(2)3)16-19-11-7-6-8-12-19/h6-8,11-12,15,17,20H,5,9-10,13-14,16H2,1-4H3. The molecule has 3 rings (SSSR count). The zero-order valence-electron chi connectivity index (χ0n) is 17.6. The number of carbonyl (C=O) groups excluding carboxylic acids is 1. The molecule has 1 aromatic heterocycles. The van der Waals surface area contributed by atoms with Gasteiger partial charge in [0.25, 0.3) is 5.91 Å². The first kappa shape index (κ1) is 20.3. The van der Waals surface area contributed by atoms with Crippen molar-refractivity contribution in [3.05, 3.63) is 53.5 Å². The molecule has 1 aliphatic heterocycles. The Hall–Kier alpha value is -2.43. The number of anilines is 1. The second kappa shape index (κ2) is 9.18. The summed E-state index contributed by atoms with van der Waals surface area (Å²) in [4.78, 5) is 26.8. The molecule has 2 aromatic rings. The van der Waals surface area contributed by atoms with Crippen molar-refractivity contribution < 1.29 is 4.79 Å². The van der Waals surface area contributed by atoms with Crippen LogP contribution in [0.2, 0.25) is 0 Å². The molecule has 1 aliphatic rings. The van der Waals surface area contributed by atoms with Gasteiger partial charge in [-0.2, -0.15) is 0 Å². The first-order valence-corrected chi connectivity index (χ1v) is 10.5. The van der Waals surface area contributed by atoms with Gasteiger partial charge in [-0.3, -0.25) is 4.79 Å². The van der Waals surface area contributed by atoms with Crippen LogP contribution in [0.3, 0.4) is 0 Å². The molecular formula is C23H32N4O. The molecule has 0 spiro atoms. The fourth-order valence-corrected chi connectivity index (χ4v) is 3.95. The van der Waals surface area contributed by atoms with Crippen LogP contribution in [0.15, 0.2) is 36.4 Å². The minimum atomic E-state index is -0.0318. The van der Waals surface area contributed by atoms with Crippen LogP contribution >= 0.6 is 0 Å².